The fraction of sp³-hybridized carbons (Fsp3) is 0.692. The maximum absolute atomic E-state index is 12.4. The van der Waals surface area contributed by atoms with Crippen LogP contribution in [0.4, 0.5) is 0 Å². The van der Waals surface area contributed by atoms with Crippen molar-refractivity contribution >= 4 is 5.91 Å². The topological polar surface area (TPSA) is 94.6 Å². The van der Waals surface area contributed by atoms with Gasteiger partial charge in [0.05, 0.1) is 19.1 Å². The van der Waals surface area contributed by atoms with Gasteiger partial charge in [-0.1, -0.05) is 13.8 Å². The Morgan fingerprint density at radius 3 is 2.91 bits per heavy atom. The number of hydrogen-bond donors (Lipinski definition) is 0. The Bertz CT molecular complexity index is 647. The molecule has 1 aliphatic heterocycles. The molecule has 9 heteroatoms. The first-order valence-electron chi connectivity index (χ1n) is 7.48. The van der Waals surface area contributed by atoms with Crippen LogP contribution in [0.25, 0.3) is 0 Å². The number of aromatic nitrogens is 7. The molecule has 9 nitrogen and oxygen atoms in total. The van der Waals surface area contributed by atoms with E-state index in [0.29, 0.717) is 32.0 Å². The molecule has 0 aliphatic carbocycles. The third-order valence-electron chi connectivity index (χ3n) is 3.87. The summed E-state index contributed by atoms with van der Waals surface area (Å²) < 4.78 is 3.72. The van der Waals surface area contributed by atoms with Gasteiger partial charge in [-0.2, -0.15) is 0 Å². The lowest BCUT2D eigenvalue weighted by atomic mass is 10.1. The third-order valence-corrected chi connectivity index (χ3v) is 3.87. The average molecular weight is 304 g/mol. The van der Waals surface area contributed by atoms with Gasteiger partial charge in [-0.15, -0.1) is 15.3 Å². The van der Waals surface area contributed by atoms with Crippen LogP contribution in [0.2, 0.25) is 0 Å². The van der Waals surface area contributed by atoms with Gasteiger partial charge in [-0.25, -0.2) is 4.68 Å². The van der Waals surface area contributed by atoms with Crippen LogP contribution in [0.15, 0.2) is 6.33 Å². The second-order valence-corrected chi connectivity index (χ2v) is 5.95. The van der Waals surface area contributed by atoms with E-state index < -0.39 is 0 Å². The summed E-state index contributed by atoms with van der Waals surface area (Å²) in [6, 6.07) is 0.188. The standard InChI is InChI=1S/C13H20N8O/c1-9(2)13-16-15-11-7-19(6-10(3)21(11)13)12(22)4-5-20-8-14-17-18-20/h8-10H,4-7H2,1-3H3/t10-/m0/s1. The van der Waals surface area contributed by atoms with Crippen LogP contribution in [0.5, 0.6) is 0 Å². The van der Waals surface area contributed by atoms with Gasteiger partial charge in [0.2, 0.25) is 5.91 Å². The van der Waals surface area contributed by atoms with E-state index in [1.165, 1.54) is 6.33 Å². The van der Waals surface area contributed by atoms with Crippen molar-refractivity contribution in [3.8, 4) is 0 Å². The molecule has 3 heterocycles. The van der Waals surface area contributed by atoms with Crippen molar-refractivity contribution in [2.45, 2.75) is 52.2 Å². The summed E-state index contributed by atoms with van der Waals surface area (Å²) in [6.07, 6.45) is 1.89. The molecule has 0 radical (unpaired) electrons. The summed E-state index contributed by atoms with van der Waals surface area (Å²) >= 11 is 0. The van der Waals surface area contributed by atoms with Crippen LogP contribution in [0.1, 0.15) is 50.8 Å². The number of tetrazole rings is 1. The van der Waals surface area contributed by atoms with Gasteiger partial charge in [-0.3, -0.25) is 4.79 Å². The molecule has 0 fully saturated rings. The van der Waals surface area contributed by atoms with Crippen molar-refractivity contribution in [3.05, 3.63) is 18.0 Å². The van der Waals surface area contributed by atoms with E-state index in [0.717, 1.165) is 11.6 Å². The number of nitrogens with zero attached hydrogens (tertiary/aromatic N) is 8. The van der Waals surface area contributed by atoms with Gasteiger partial charge in [0.15, 0.2) is 5.82 Å². The van der Waals surface area contributed by atoms with Crippen LogP contribution in [0, 0.1) is 0 Å². The monoisotopic (exact) mass is 304 g/mol. The Labute approximate surface area is 128 Å². The quantitative estimate of drug-likeness (QED) is 0.810. The van der Waals surface area contributed by atoms with Gasteiger partial charge in [0.1, 0.15) is 12.2 Å². The third kappa shape index (κ3) is 2.70. The minimum Gasteiger partial charge on any atom is -0.333 e. The molecule has 3 rings (SSSR count). The predicted molar refractivity (Wildman–Crippen MR) is 76.7 cm³/mol. The molecular formula is C13H20N8O. The summed E-state index contributed by atoms with van der Waals surface area (Å²) in [7, 11) is 0. The van der Waals surface area contributed by atoms with Crippen molar-refractivity contribution in [2.24, 2.45) is 0 Å². The molecule has 118 valence electrons. The van der Waals surface area contributed by atoms with Crippen molar-refractivity contribution in [1.29, 1.82) is 0 Å². The first-order valence-corrected chi connectivity index (χ1v) is 7.48. The summed E-state index contributed by atoms with van der Waals surface area (Å²) in [4.78, 5) is 14.2. The number of aryl methyl sites for hydroxylation is 1. The number of carbonyl (C=O) groups is 1. The second kappa shape index (κ2) is 5.82. The molecule has 0 unspecified atom stereocenters. The molecule has 0 spiro atoms. The molecule has 0 saturated carbocycles. The molecule has 0 N–H and O–H groups in total. The van der Waals surface area contributed by atoms with E-state index in [1.807, 2.05) is 4.90 Å². The highest BCUT2D eigenvalue weighted by molar-refractivity contribution is 5.76. The minimum absolute atomic E-state index is 0.0858. The van der Waals surface area contributed by atoms with Gasteiger partial charge < -0.3 is 9.47 Å². The first kappa shape index (κ1) is 14.6. The molecule has 22 heavy (non-hydrogen) atoms. The normalized spacial score (nSPS) is 17.8. The zero-order chi connectivity index (χ0) is 15.7. The number of hydrogen-bond acceptors (Lipinski definition) is 6. The Kier molecular flexibility index (Phi) is 3.86. The van der Waals surface area contributed by atoms with Crippen molar-refractivity contribution in [1.82, 2.24) is 39.9 Å². The summed E-state index contributed by atoms with van der Waals surface area (Å²) in [6.45, 7) is 7.99. The van der Waals surface area contributed by atoms with E-state index >= 15 is 0 Å². The maximum Gasteiger partial charge on any atom is 0.224 e. The molecule has 2 aromatic heterocycles. The van der Waals surface area contributed by atoms with E-state index in [9.17, 15) is 4.79 Å². The van der Waals surface area contributed by atoms with Crippen LogP contribution in [0.3, 0.4) is 0 Å². The van der Waals surface area contributed by atoms with Crippen LogP contribution < -0.4 is 0 Å². The molecule has 0 bridgehead atoms. The van der Waals surface area contributed by atoms with E-state index in [2.05, 4.69) is 51.1 Å². The Morgan fingerprint density at radius 2 is 2.23 bits per heavy atom. The summed E-state index contributed by atoms with van der Waals surface area (Å²) in [5.74, 6) is 2.26. The molecule has 0 aromatic carbocycles. The first-order chi connectivity index (χ1) is 10.6. The SMILES string of the molecule is CC(C)c1nnc2n1[C@@H](C)CN(C(=O)CCn1cnnn1)C2. The summed E-state index contributed by atoms with van der Waals surface area (Å²) in [5.41, 5.74) is 0. The molecule has 1 atom stereocenters. The highest BCUT2D eigenvalue weighted by Crippen LogP contribution is 2.25. The van der Waals surface area contributed by atoms with Gasteiger partial charge >= 0.3 is 0 Å². The molecule has 1 amide bonds. The van der Waals surface area contributed by atoms with Crippen LogP contribution >= 0.6 is 0 Å². The Morgan fingerprint density at radius 1 is 1.41 bits per heavy atom. The smallest absolute Gasteiger partial charge is 0.224 e. The predicted octanol–water partition coefficient (Wildman–Crippen LogP) is 0.381. The van der Waals surface area contributed by atoms with Gasteiger partial charge in [0, 0.05) is 18.9 Å². The highest BCUT2D eigenvalue weighted by Gasteiger charge is 2.29. The summed E-state index contributed by atoms with van der Waals surface area (Å²) in [5, 5.41) is 19.4. The minimum atomic E-state index is 0.0858. The average Bonchev–Trinajstić information content (AvgIpc) is 3.13. The van der Waals surface area contributed by atoms with Gasteiger partial charge in [-0.05, 0) is 17.4 Å². The number of carbonyl (C=O) groups excluding carboxylic acids is 1. The van der Waals surface area contributed by atoms with Crippen LogP contribution in [-0.2, 0) is 17.9 Å². The zero-order valence-corrected chi connectivity index (χ0v) is 13.0. The lowest BCUT2D eigenvalue weighted by molar-refractivity contribution is -0.133. The number of rotatable bonds is 4. The van der Waals surface area contributed by atoms with Crippen molar-refractivity contribution in [2.75, 3.05) is 6.54 Å². The molecule has 2 aromatic rings. The van der Waals surface area contributed by atoms with Crippen LogP contribution in [-0.4, -0.2) is 52.3 Å². The van der Waals surface area contributed by atoms with Gasteiger partial charge in [0.25, 0.3) is 0 Å². The molecule has 1 aliphatic rings. The number of fused-ring (bicyclic) bond motifs is 1. The second-order valence-electron chi connectivity index (χ2n) is 5.95. The van der Waals surface area contributed by atoms with E-state index in [1.54, 1.807) is 4.68 Å². The highest BCUT2D eigenvalue weighted by atomic mass is 16.2. The molecule has 0 saturated heterocycles. The Hall–Kier alpha value is -2.32. The fourth-order valence-corrected chi connectivity index (χ4v) is 2.80. The zero-order valence-electron chi connectivity index (χ0n) is 13.0. The lowest BCUT2D eigenvalue weighted by Gasteiger charge is -2.33. The van der Waals surface area contributed by atoms with E-state index in [4.69, 9.17) is 0 Å². The fourth-order valence-electron chi connectivity index (χ4n) is 2.80. The van der Waals surface area contributed by atoms with Crippen molar-refractivity contribution < 1.29 is 4.79 Å². The maximum atomic E-state index is 12.4. The number of amides is 1. The lowest BCUT2D eigenvalue weighted by Crippen LogP contribution is -2.41. The molecular weight excluding hydrogens is 284 g/mol. The van der Waals surface area contributed by atoms with Crippen molar-refractivity contribution in [3.63, 3.8) is 0 Å². The van der Waals surface area contributed by atoms with E-state index in [-0.39, 0.29) is 11.9 Å². The Balaban J connectivity index is 1.68. The largest absolute Gasteiger partial charge is 0.333 e.